The minimum absolute atomic E-state index is 0.203. The Hall–Kier alpha value is -1.97. The van der Waals surface area contributed by atoms with Gasteiger partial charge in [-0.1, -0.05) is 6.07 Å². The summed E-state index contributed by atoms with van der Waals surface area (Å²) in [4.78, 5) is 11.0. The summed E-state index contributed by atoms with van der Waals surface area (Å²) in [5, 5.41) is 0. The van der Waals surface area contributed by atoms with Crippen molar-refractivity contribution >= 4 is 5.82 Å². The molecule has 0 bridgehead atoms. The lowest BCUT2D eigenvalue weighted by atomic mass is 10.1. The van der Waals surface area contributed by atoms with Crippen LogP contribution in [0.2, 0.25) is 0 Å². The molecule has 0 radical (unpaired) electrons. The molecule has 1 atom stereocenters. The Labute approximate surface area is 112 Å². The fraction of sp³-hybridized carbons (Fsp3) is 0.333. The molecule has 0 saturated carbocycles. The Morgan fingerprint density at radius 3 is 2.89 bits per heavy atom. The van der Waals surface area contributed by atoms with Crippen molar-refractivity contribution in [2.75, 3.05) is 11.4 Å². The third kappa shape index (κ3) is 2.30. The summed E-state index contributed by atoms with van der Waals surface area (Å²) in [6.07, 6.45) is 5.25. The number of hydrogen-bond donors (Lipinski definition) is 0. The van der Waals surface area contributed by atoms with Crippen LogP contribution in [-0.2, 0) is 0 Å². The highest BCUT2D eigenvalue weighted by atomic mass is 19.1. The summed E-state index contributed by atoms with van der Waals surface area (Å²) in [7, 11) is 0. The van der Waals surface area contributed by atoms with Gasteiger partial charge < -0.3 is 4.90 Å². The molecule has 1 aliphatic rings. The van der Waals surface area contributed by atoms with Gasteiger partial charge in [-0.3, -0.25) is 4.98 Å². The minimum atomic E-state index is -0.290. The molecule has 2 aromatic heterocycles. The molecule has 1 fully saturated rings. The van der Waals surface area contributed by atoms with E-state index >= 15 is 0 Å². The number of aryl methyl sites for hydroxylation is 1. The second kappa shape index (κ2) is 4.96. The van der Waals surface area contributed by atoms with Gasteiger partial charge in [0.1, 0.15) is 11.6 Å². The average molecular weight is 257 g/mol. The van der Waals surface area contributed by atoms with Gasteiger partial charge in [0.05, 0.1) is 17.9 Å². The molecule has 2 aromatic rings. The van der Waals surface area contributed by atoms with Crippen LogP contribution in [0.15, 0.2) is 36.7 Å². The highest BCUT2D eigenvalue weighted by Crippen LogP contribution is 2.35. The van der Waals surface area contributed by atoms with Crippen LogP contribution < -0.4 is 4.90 Å². The van der Waals surface area contributed by atoms with Crippen molar-refractivity contribution in [1.29, 1.82) is 0 Å². The maximum Gasteiger partial charge on any atom is 0.141 e. The number of aromatic nitrogens is 2. The van der Waals surface area contributed by atoms with E-state index in [2.05, 4.69) is 27.9 Å². The quantitative estimate of drug-likeness (QED) is 0.826. The molecule has 0 N–H and O–H groups in total. The van der Waals surface area contributed by atoms with E-state index in [0.717, 1.165) is 36.5 Å². The van der Waals surface area contributed by atoms with Crippen molar-refractivity contribution in [3.8, 4) is 0 Å². The second-order valence-electron chi connectivity index (χ2n) is 4.90. The van der Waals surface area contributed by atoms with Crippen LogP contribution in [0.5, 0.6) is 0 Å². The van der Waals surface area contributed by atoms with Crippen LogP contribution in [0.4, 0.5) is 10.2 Å². The minimum Gasteiger partial charge on any atom is -0.348 e. The van der Waals surface area contributed by atoms with Crippen molar-refractivity contribution in [2.24, 2.45) is 0 Å². The summed E-state index contributed by atoms with van der Waals surface area (Å²) in [6.45, 7) is 3.04. The fourth-order valence-corrected chi connectivity index (χ4v) is 2.69. The third-order valence-electron chi connectivity index (χ3n) is 3.60. The molecule has 0 aromatic carbocycles. The number of rotatable bonds is 2. The molecule has 0 spiro atoms. The summed E-state index contributed by atoms with van der Waals surface area (Å²) in [6, 6.07) is 7.46. The van der Waals surface area contributed by atoms with E-state index in [1.54, 1.807) is 6.07 Å². The smallest absolute Gasteiger partial charge is 0.141 e. The van der Waals surface area contributed by atoms with E-state index in [9.17, 15) is 4.39 Å². The molecule has 0 aliphatic carbocycles. The Balaban J connectivity index is 1.94. The lowest BCUT2D eigenvalue weighted by molar-refractivity contribution is 0.611. The molecule has 98 valence electrons. The van der Waals surface area contributed by atoms with Gasteiger partial charge in [-0.2, -0.15) is 0 Å². The van der Waals surface area contributed by atoms with Crippen molar-refractivity contribution in [3.63, 3.8) is 0 Å². The number of nitrogens with zero attached hydrogens (tertiary/aromatic N) is 3. The Bertz CT molecular complexity index is 568. The Morgan fingerprint density at radius 1 is 1.26 bits per heavy atom. The normalized spacial score (nSPS) is 18.8. The zero-order valence-corrected chi connectivity index (χ0v) is 10.9. The molecular weight excluding hydrogens is 241 g/mol. The van der Waals surface area contributed by atoms with Crippen molar-refractivity contribution < 1.29 is 4.39 Å². The summed E-state index contributed by atoms with van der Waals surface area (Å²) < 4.78 is 13.0. The largest absolute Gasteiger partial charge is 0.348 e. The van der Waals surface area contributed by atoms with Crippen LogP contribution in [0, 0.1) is 12.7 Å². The fourth-order valence-electron chi connectivity index (χ4n) is 2.69. The number of pyridine rings is 2. The van der Waals surface area contributed by atoms with Crippen LogP contribution in [-0.4, -0.2) is 16.5 Å². The molecule has 1 unspecified atom stereocenters. The predicted molar refractivity (Wildman–Crippen MR) is 72.5 cm³/mol. The lowest BCUT2D eigenvalue weighted by Gasteiger charge is -2.26. The number of anilines is 1. The molecule has 4 heteroatoms. The van der Waals surface area contributed by atoms with Gasteiger partial charge in [-0.15, -0.1) is 0 Å². The van der Waals surface area contributed by atoms with Gasteiger partial charge in [0.25, 0.3) is 0 Å². The molecule has 1 saturated heterocycles. The van der Waals surface area contributed by atoms with Crippen molar-refractivity contribution in [1.82, 2.24) is 9.97 Å². The van der Waals surface area contributed by atoms with E-state index in [4.69, 9.17) is 0 Å². The van der Waals surface area contributed by atoms with E-state index in [0.29, 0.717) is 0 Å². The van der Waals surface area contributed by atoms with Crippen LogP contribution >= 0.6 is 0 Å². The topological polar surface area (TPSA) is 29.0 Å². The highest BCUT2D eigenvalue weighted by molar-refractivity contribution is 5.48. The summed E-state index contributed by atoms with van der Waals surface area (Å²) in [5.41, 5.74) is 2.08. The Morgan fingerprint density at radius 2 is 2.16 bits per heavy atom. The highest BCUT2D eigenvalue weighted by Gasteiger charge is 2.28. The first-order valence-electron chi connectivity index (χ1n) is 6.55. The van der Waals surface area contributed by atoms with Crippen molar-refractivity contribution in [2.45, 2.75) is 25.8 Å². The van der Waals surface area contributed by atoms with Gasteiger partial charge >= 0.3 is 0 Å². The molecule has 1 aliphatic heterocycles. The summed E-state index contributed by atoms with van der Waals surface area (Å²) >= 11 is 0. The average Bonchev–Trinajstić information content (AvgIpc) is 2.89. The van der Waals surface area contributed by atoms with Gasteiger partial charge in [0, 0.05) is 12.7 Å². The SMILES string of the molecule is Cc1cccnc1N1CCCC1c1ccc(F)cn1. The van der Waals surface area contributed by atoms with Gasteiger partial charge in [-0.25, -0.2) is 9.37 Å². The molecule has 19 heavy (non-hydrogen) atoms. The zero-order chi connectivity index (χ0) is 13.2. The molecule has 3 heterocycles. The van der Waals surface area contributed by atoms with E-state index < -0.39 is 0 Å². The van der Waals surface area contributed by atoms with E-state index in [1.807, 2.05) is 12.3 Å². The van der Waals surface area contributed by atoms with E-state index in [1.165, 1.54) is 12.3 Å². The monoisotopic (exact) mass is 257 g/mol. The Kier molecular flexibility index (Phi) is 3.15. The van der Waals surface area contributed by atoms with E-state index in [-0.39, 0.29) is 11.9 Å². The maximum atomic E-state index is 13.0. The maximum absolute atomic E-state index is 13.0. The van der Waals surface area contributed by atoms with Gasteiger partial charge in [0.15, 0.2) is 0 Å². The van der Waals surface area contributed by atoms with Crippen LogP contribution in [0.3, 0.4) is 0 Å². The molecule has 3 nitrogen and oxygen atoms in total. The molecule has 3 rings (SSSR count). The van der Waals surface area contributed by atoms with Crippen molar-refractivity contribution in [3.05, 3.63) is 53.7 Å². The second-order valence-corrected chi connectivity index (χ2v) is 4.90. The third-order valence-corrected chi connectivity index (χ3v) is 3.60. The standard InChI is InChI=1S/C15H16FN3/c1-11-4-2-8-17-15(11)19-9-3-5-14(19)13-7-6-12(16)10-18-13/h2,4,6-8,10,14H,3,5,9H2,1H3. The first-order chi connectivity index (χ1) is 9.25. The lowest BCUT2D eigenvalue weighted by Crippen LogP contribution is -2.25. The molecule has 0 amide bonds. The zero-order valence-electron chi connectivity index (χ0n) is 10.9. The number of hydrogen-bond acceptors (Lipinski definition) is 3. The van der Waals surface area contributed by atoms with Gasteiger partial charge in [0.2, 0.25) is 0 Å². The first kappa shape index (κ1) is 12.1. The molecular formula is C15H16FN3. The van der Waals surface area contributed by atoms with Crippen LogP contribution in [0.1, 0.15) is 30.1 Å². The first-order valence-corrected chi connectivity index (χ1v) is 6.55. The number of halogens is 1. The van der Waals surface area contributed by atoms with Crippen LogP contribution in [0.25, 0.3) is 0 Å². The van der Waals surface area contributed by atoms with Gasteiger partial charge in [-0.05, 0) is 43.5 Å². The predicted octanol–water partition coefficient (Wildman–Crippen LogP) is 3.27. The summed E-state index contributed by atoms with van der Waals surface area (Å²) in [5.74, 6) is 0.721.